The van der Waals surface area contributed by atoms with Gasteiger partial charge in [0.15, 0.2) is 11.6 Å². The maximum absolute atomic E-state index is 12.7. The van der Waals surface area contributed by atoms with Gasteiger partial charge in [0.1, 0.15) is 18.1 Å². The molecule has 13 nitrogen and oxygen atoms in total. The van der Waals surface area contributed by atoms with Gasteiger partial charge < -0.3 is 4.84 Å². The van der Waals surface area contributed by atoms with E-state index in [0.717, 1.165) is 23.5 Å². The molecule has 0 saturated carbocycles. The van der Waals surface area contributed by atoms with E-state index in [4.69, 9.17) is 4.84 Å². The fourth-order valence-corrected chi connectivity index (χ4v) is 3.23. The number of nitro groups is 2. The van der Waals surface area contributed by atoms with Gasteiger partial charge in [-0.1, -0.05) is 34.7 Å². The summed E-state index contributed by atoms with van der Waals surface area (Å²) in [7, 11) is 3.07. The molecule has 0 spiro atoms. The molecule has 0 bridgehead atoms. The summed E-state index contributed by atoms with van der Waals surface area (Å²) in [5.74, 6) is -7.62. The van der Waals surface area contributed by atoms with Gasteiger partial charge >= 0.3 is 5.69 Å². The average Bonchev–Trinajstić information content (AvgIpc) is 3.54. The van der Waals surface area contributed by atoms with Crippen LogP contribution in [-0.4, -0.2) is 55.9 Å². The Kier molecular flexibility index (Phi) is 11.7. The van der Waals surface area contributed by atoms with Crippen LogP contribution in [0.15, 0.2) is 48.5 Å². The molecular weight excluding hydrogens is 584 g/mol. The van der Waals surface area contributed by atoms with Crippen LogP contribution < -0.4 is 4.84 Å². The number of benzene rings is 3. The van der Waals surface area contributed by atoms with Crippen LogP contribution in [0.25, 0.3) is 11.0 Å². The molecule has 1 saturated heterocycles. The number of hydrogen-bond acceptors (Lipinski definition) is 9. The number of fused-ring (bicyclic) bond motifs is 1. The minimum atomic E-state index is -1.99. The van der Waals surface area contributed by atoms with Crippen molar-refractivity contribution in [2.24, 2.45) is 0 Å². The van der Waals surface area contributed by atoms with Crippen molar-refractivity contribution >= 4 is 34.2 Å². The summed E-state index contributed by atoms with van der Waals surface area (Å²) in [6, 6.07) is 14.1. The zero-order chi connectivity index (χ0) is 32.4. The van der Waals surface area contributed by atoms with Gasteiger partial charge in [0, 0.05) is 37.6 Å². The predicted molar refractivity (Wildman–Crippen MR) is 143 cm³/mol. The van der Waals surface area contributed by atoms with Crippen LogP contribution in [0.1, 0.15) is 24.0 Å². The number of para-hydroxylation sites is 1. The van der Waals surface area contributed by atoms with Crippen molar-refractivity contribution in [3.63, 3.8) is 0 Å². The third-order valence-electron chi connectivity index (χ3n) is 5.68. The molecule has 3 aromatic carbocycles. The first-order valence-corrected chi connectivity index (χ1v) is 12.0. The molecule has 5 rings (SSSR count). The fourth-order valence-electron chi connectivity index (χ4n) is 3.23. The van der Waals surface area contributed by atoms with Crippen LogP contribution in [0.4, 0.5) is 28.9 Å². The van der Waals surface area contributed by atoms with Crippen LogP contribution in [0.2, 0.25) is 0 Å². The second kappa shape index (κ2) is 14.9. The number of hydrogen-bond donors (Lipinski definition) is 0. The second-order valence-electron chi connectivity index (χ2n) is 8.56. The van der Waals surface area contributed by atoms with Crippen LogP contribution in [0.5, 0.6) is 0 Å². The minimum Gasteiger partial charge on any atom is -0.398 e. The molecule has 1 aliphatic rings. The van der Waals surface area contributed by atoms with Crippen molar-refractivity contribution in [2.75, 3.05) is 14.2 Å². The second-order valence-corrected chi connectivity index (χ2v) is 8.56. The number of nitro benzene ring substituents is 2. The number of carbonyl (C=O) groups excluding carboxylic acids is 2. The molecular formula is C26H24F4N6O7. The molecule has 1 aliphatic heterocycles. The smallest absolute Gasteiger partial charge is 0.346 e. The Bertz CT molecular complexity index is 1600. The number of nitrogens with zero attached hydrogens (tertiary/aromatic N) is 6. The molecule has 1 fully saturated rings. The maximum atomic E-state index is 12.7. The summed E-state index contributed by atoms with van der Waals surface area (Å²) in [6.45, 7) is 2.67. The average molecular weight is 609 g/mol. The van der Waals surface area contributed by atoms with E-state index >= 15 is 0 Å². The zero-order valence-electron chi connectivity index (χ0n) is 23.1. The Morgan fingerprint density at radius 2 is 1.33 bits per heavy atom. The van der Waals surface area contributed by atoms with E-state index in [9.17, 15) is 47.4 Å². The number of carbonyl (C=O) groups is 2. The van der Waals surface area contributed by atoms with Gasteiger partial charge in [0.05, 0.1) is 9.85 Å². The number of imide groups is 1. The molecule has 43 heavy (non-hydrogen) atoms. The van der Waals surface area contributed by atoms with E-state index in [-0.39, 0.29) is 17.5 Å². The third-order valence-corrected chi connectivity index (χ3v) is 5.68. The molecule has 0 atom stereocenters. The van der Waals surface area contributed by atoms with Crippen molar-refractivity contribution in [1.29, 1.82) is 0 Å². The van der Waals surface area contributed by atoms with Crippen molar-refractivity contribution in [3.05, 3.63) is 103 Å². The van der Waals surface area contributed by atoms with E-state index in [1.807, 2.05) is 31.2 Å². The fraction of sp³-hybridized carbons (Fsp3) is 0.231. The SMILES string of the molecule is CN1C(=O)CCC1=O.COn1nnc2ccccc21.Cc1c(F)c(F)c([N+](=O)[O-])c(F)c1F.Cc1ccc([N+](=O)[O-])cc1. The number of amides is 2. The highest BCUT2D eigenvalue weighted by molar-refractivity contribution is 6.01. The van der Waals surface area contributed by atoms with Gasteiger partial charge in [-0.25, -0.2) is 8.78 Å². The topological polar surface area (TPSA) is 164 Å². The van der Waals surface area contributed by atoms with E-state index in [1.165, 1.54) is 28.9 Å². The standard InChI is InChI=1S/C7H3F4NO2.C7H7N3O.C7H7NO2.C5H7NO2/c1-2-3(8)5(10)7(12(13)14)6(11)4(2)9;1-11-10-7-5-3-2-4-6(7)8-9-10;1-6-2-4-7(5-3-6)8(9)10;1-6-4(7)2-3-5(6)8/h1H3;2-5H,1H3;2-5H,1H3;2-3H2,1H3. The van der Waals surface area contributed by atoms with Gasteiger partial charge in [0.25, 0.3) is 5.69 Å². The van der Waals surface area contributed by atoms with Crippen molar-refractivity contribution in [2.45, 2.75) is 26.7 Å². The molecule has 0 radical (unpaired) electrons. The molecule has 1 aromatic heterocycles. The molecule has 17 heteroatoms. The quantitative estimate of drug-likeness (QED) is 0.106. The number of aromatic nitrogens is 3. The largest absolute Gasteiger partial charge is 0.398 e. The number of halogens is 4. The molecule has 0 N–H and O–H groups in total. The van der Waals surface area contributed by atoms with Gasteiger partial charge in [-0.05, 0) is 31.2 Å². The first kappa shape index (κ1) is 33.7. The third kappa shape index (κ3) is 8.51. The Labute approximate surface area is 240 Å². The molecule has 4 aromatic rings. The van der Waals surface area contributed by atoms with Crippen LogP contribution in [0, 0.1) is 57.3 Å². The van der Waals surface area contributed by atoms with Crippen LogP contribution in [0.3, 0.4) is 0 Å². The van der Waals surface area contributed by atoms with Gasteiger partial charge in [-0.15, -0.1) is 5.10 Å². The minimum absolute atomic E-state index is 0.0602. The highest BCUT2D eigenvalue weighted by atomic mass is 19.2. The maximum Gasteiger partial charge on any atom is 0.346 e. The number of non-ortho nitro benzene ring substituents is 1. The van der Waals surface area contributed by atoms with Gasteiger partial charge in [0.2, 0.25) is 23.4 Å². The number of aryl methyl sites for hydroxylation is 1. The summed E-state index contributed by atoms with van der Waals surface area (Å²) in [5.41, 5.74) is 0.164. The van der Waals surface area contributed by atoms with Crippen LogP contribution in [-0.2, 0) is 9.59 Å². The Morgan fingerprint density at radius 1 is 0.814 bits per heavy atom. The molecule has 228 valence electrons. The number of rotatable bonds is 3. The lowest BCUT2D eigenvalue weighted by Crippen LogP contribution is -2.23. The zero-order valence-corrected chi connectivity index (χ0v) is 23.1. The van der Waals surface area contributed by atoms with Crippen molar-refractivity contribution < 1.29 is 41.8 Å². The Balaban J connectivity index is 0.000000204. The summed E-state index contributed by atoms with van der Waals surface area (Å²) in [4.78, 5) is 46.7. The lowest BCUT2D eigenvalue weighted by molar-refractivity contribution is -0.390. The molecule has 2 amide bonds. The van der Waals surface area contributed by atoms with E-state index in [1.54, 1.807) is 19.2 Å². The summed E-state index contributed by atoms with van der Waals surface area (Å²) >= 11 is 0. The molecule has 0 aliphatic carbocycles. The lowest BCUT2D eigenvalue weighted by Gasteiger charge is -2.02. The first-order valence-electron chi connectivity index (χ1n) is 12.0. The summed E-state index contributed by atoms with van der Waals surface area (Å²) < 4.78 is 50.9. The van der Waals surface area contributed by atoms with Crippen LogP contribution >= 0.6 is 0 Å². The summed E-state index contributed by atoms with van der Waals surface area (Å²) in [6.07, 6.45) is 0.796. The van der Waals surface area contributed by atoms with Gasteiger partial charge in [-0.3, -0.25) is 34.7 Å². The van der Waals surface area contributed by atoms with E-state index in [0.29, 0.717) is 12.8 Å². The first-order chi connectivity index (χ1) is 20.2. The molecule has 2 heterocycles. The normalized spacial score (nSPS) is 12.0. The highest BCUT2D eigenvalue weighted by Crippen LogP contribution is 2.28. The van der Waals surface area contributed by atoms with E-state index < -0.39 is 44.4 Å². The van der Waals surface area contributed by atoms with Gasteiger partial charge in [-0.2, -0.15) is 8.78 Å². The highest BCUT2D eigenvalue weighted by Gasteiger charge is 2.31. The summed E-state index contributed by atoms with van der Waals surface area (Å²) in [5, 5.41) is 27.8. The predicted octanol–water partition coefficient (Wildman–Crippen LogP) is 4.62. The Hall–Kier alpha value is -5.48. The van der Waals surface area contributed by atoms with E-state index in [2.05, 4.69) is 10.3 Å². The van der Waals surface area contributed by atoms with Crippen molar-refractivity contribution in [3.8, 4) is 0 Å². The monoisotopic (exact) mass is 608 g/mol. The Morgan fingerprint density at radius 3 is 1.74 bits per heavy atom. The lowest BCUT2D eigenvalue weighted by atomic mass is 10.2. The number of likely N-dealkylation sites (tertiary alicyclic amines) is 1. The van der Waals surface area contributed by atoms with Crippen molar-refractivity contribution in [1.82, 2.24) is 20.1 Å². The molecule has 0 unspecified atom stereocenters.